The van der Waals surface area contributed by atoms with Crippen LogP contribution in [0.3, 0.4) is 0 Å². The van der Waals surface area contributed by atoms with E-state index < -0.39 is 0 Å². The van der Waals surface area contributed by atoms with Crippen LogP contribution in [0.15, 0.2) is 54.6 Å². The fourth-order valence-electron chi connectivity index (χ4n) is 2.06. The zero-order valence-corrected chi connectivity index (χ0v) is 11.5. The zero-order valence-electron chi connectivity index (χ0n) is 10.7. The Morgan fingerprint density at radius 1 is 0.950 bits per heavy atom. The Balaban J connectivity index is 2.04. The van der Waals surface area contributed by atoms with Crippen LogP contribution >= 0.6 is 11.6 Å². The van der Waals surface area contributed by atoms with Crippen molar-refractivity contribution in [3.05, 3.63) is 65.3 Å². The molecular formula is C16H13ClN2O. The molecule has 3 nitrogen and oxygen atoms in total. The molecule has 0 saturated heterocycles. The minimum Gasteiger partial charge on any atom is -0.438 e. The van der Waals surface area contributed by atoms with Gasteiger partial charge in [-0.2, -0.15) is 0 Å². The molecule has 2 aromatic carbocycles. The Hall–Kier alpha value is -2.10. The number of hydrogen-bond donors (Lipinski definition) is 1. The topological polar surface area (TPSA) is 48.1 Å². The van der Waals surface area contributed by atoms with Crippen LogP contribution in [0.1, 0.15) is 5.69 Å². The van der Waals surface area contributed by atoms with E-state index in [1.54, 1.807) is 0 Å². The number of ether oxygens (including phenoxy) is 1. The number of benzene rings is 2. The Bertz CT molecular complexity index is 758. The van der Waals surface area contributed by atoms with Crippen LogP contribution < -0.4 is 10.5 Å². The first-order chi connectivity index (χ1) is 9.78. The van der Waals surface area contributed by atoms with Gasteiger partial charge < -0.3 is 10.5 Å². The first-order valence-electron chi connectivity index (χ1n) is 6.29. The maximum absolute atomic E-state index is 6.19. The van der Waals surface area contributed by atoms with Gasteiger partial charge >= 0.3 is 0 Å². The highest BCUT2D eigenvalue weighted by molar-refractivity contribution is 6.35. The number of nitrogens with zero attached hydrogens (tertiary/aromatic N) is 1. The molecule has 1 aromatic heterocycles. The maximum Gasteiger partial charge on any atom is 0.219 e. The van der Waals surface area contributed by atoms with Crippen LogP contribution in [0.5, 0.6) is 11.6 Å². The largest absolute Gasteiger partial charge is 0.438 e. The summed E-state index contributed by atoms with van der Waals surface area (Å²) in [5.41, 5.74) is 6.38. The van der Waals surface area contributed by atoms with E-state index in [1.165, 1.54) is 0 Å². The second-order valence-corrected chi connectivity index (χ2v) is 4.77. The van der Waals surface area contributed by atoms with Crippen molar-refractivity contribution in [2.75, 3.05) is 0 Å². The van der Waals surface area contributed by atoms with Gasteiger partial charge in [-0.05, 0) is 18.2 Å². The number of fused-ring (bicyclic) bond motifs is 1. The monoisotopic (exact) mass is 284 g/mol. The number of aromatic nitrogens is 1. The maximum atomic E-state index is 6.19. The molecule has 3 rings (SSSR count). The van der Waals surface area contributed by atoms with Crippen molar-refractivity contribution < 1.29 is 4.74 Å². The third-order valence-electron chi connectivity index (χ3n) is 3.04. The van der Waals surface area contributed by atoms with E-state index in [0.29, 0.717) is 17.4 Å². The second-order valence-electron chi connectivity index (χ2n) is 4.36. The summed E-state index contributed by atoms with van der Waals surface area (Å²) in [6, 6.07) is 17.1. The van der Waals surface area contributed by atoms with Crippen LogP contribution in [0.25, 0.3) is 10.8 Å². The third kappa shape index (κ3) is 2.46. The highest BCUT2D eigenvalue weighted by atomic mass is 35.5. The van der Waals surface area contributed by atoms with Crippen molar-refractivity contribution in [2.45, 2.75) is 6.54 Å². The molecule has 1 heterocycles. The molecule has 4 heteroatoms. The van der Waals surface area contributed by atoms with Crippen molar-refractivity contribution in [3.63, 3.8) is 0 Å². The summed E-state index contributed by atoms with van der Waals surface area (Å²) in [6.45, 7) is 0.387. The fourth-order valence-corrected chi connectivity index (χ4v) is 2.29. The van der Waals surface area contributed by atoms with Crippen LogP contribution in [-0.2, 0) is 6.54 Å². The second kappa shape index (κ2) is 5.49. The van der Waals surface area contributed by atoms with Gasteiger partial charge in [0.1, 0.15) is 5.75 Å². The lowest BCUT2D eigenvalue weighted by atomic mass is 10.1. The molecule has 0 amide bonds. The molecule has 0 unspecified atom stereocenters. The lowest BCUT2D eigenvalue weighted by Gasteiger charge is -2.10. The van der Waals surface area contributed by atoms with E-state index in [1.807, 2.05) is 54.6 Å². The molecule has 0 aliphatic carbocycles. The van der Waals surface area contributed by atoms with E-state index in [4.69, 9.17) is 22.1 Å². The summed E-state index contributed by atoms with van der Waals surface area (Å²) < 4.78 is 5.86. The third-order valence-corrected chi connectivity index (χ3v) is 3.37. The Morgan fingerprint density at radius 2 is 1.75 bits per heavy atom. The molecule has 100 valence electrons. The summed E-state index contributed by atoms with van der Waals surface area (Å²) in [4.78, 5) is 4.34. The minimum atomic E-state index is 0.387. The minimum absolute atomic E-state index is 0.387. The van der Waals surface area contributed by atoms with Crippen LogP contribution in [0.4, 0.5) is 0 Å². The molecule has 0 spiro atoms. The van der Waals surface area contributed by atoms with E-state index >= 15 is 0 Å². The van der Waals surface area contributed by atoms with Crippen molar-refractivity contribution in [2.24, 2.45) is 5.73 Å². The van der Waals surface area contributed by atoms with Gasteiger partial charge in [0.15, 0.2) is 0 Å². The van der Waals surface area contributed by atoms with E-state index in [9.17, 15) is 0 Å². The molecule has 0 saturated carbocycles. The standard InChI is InChI=1S/C16H13ClN2O/c17-14-8-9-15(13-6-2-1-5-12(13)14)20-16-7-3-4-11(10-18)19-16/h1-9H,10,18H2. The molecule has 0 aliphatic rings. The lowest BCUT2D eigenvalue weighted by Crippen LogP contribution is -2.00. The fraction of sp³-hybridized carbons (Fsp3) is 0.0625. The summed E-state index contributed by atoms with van der Waals surface area (Å²) >= 11 is 6.19. The zero-order chi connectivity index (χ0) is 13.9. The predicted octanol–water partition coefficient (Wildman–Crippen LogP) is 4.14. The van der Waals surface area contributed by atoms with Crippen molar-refractivity contribution in [1.82, 2.24) is 4.98 Å². The first kappa shape index (κ1) is 12.9. The van der Waals surface area contributed by atoms with Gasteiger partial charge in [0.25, 0.3) is 0 Å². The summed E-state index contributed by atoms with van der Waals surface area (Å²) in [7, 11) is 0. The Labute approximate surface area is 122 Å². The molecule has 3 aromatic rings. The highest BCUT2D eigenvalue weighted by Crippen LogP contribution is 2.33. The number of rotatable bonds is 3. The number of pyridine rings is 1. The number of hydrogen-bond acceptors (Lipinski definition) is 3. The molecular weight excluding hydrogens is 272 g/mol. The van der Waals surface area contributed by atoms with Crippen LogP contribution in [0, 0.1) is 0 Å². The van der Waals surface area contributed by atoms with Gasteiger partial charge in [0.05, 0.1) is 5.69 Å². The van der Waals surface area contributed by atoms with Gasteiger partial charge in [-0.1, -0.05) is 41.9 Å². The van der Waals surface area contributed by atoms with Crippen LogP contribution in [-0.4, -0.2) is 4.98 Å². The molecule has 2 N–H and O–H groups in total. The van der Waals surface area contributed by atoms with Gasteiger partial charge in [0.2, 0.25) is 5.88 Å². The molecule has 20 heavy (non-hydrogen) atoms. The van der Waals surface area contributed by atoms with Gasteiger partial charge in [-0.25, -0.2) is 4.98 Å². The predicted molar refractivity (Wildman–Crippen MR) is 81.2 cm³/mol. The summed E-state index contributed by atoms with van der Waals surface area (Å²) in [5, 5.41) is 2.62. The molecule has 0 bridgehead atoms. The van der Waals surface area contributed by atoms with Crippen molar-refractivity contribution in [3.8, 4) is 11.6 Å². The average molecular weight is 285 g/mol. The number of halogens is 1. The summed E-state index contributed by atoms with van der Waals surface area (Å²) in [5.74, 6) is 1.26. The average Bonchev–Trinajstić information content (AvgIpc) is 2.51. The molecule has 0 radical (unpaired) electrons. The Kier molecular flexibility index (Phi) is 3.54. The van der Waals surface area contributed by atoms with Gasteiger partial charge in [-0.3, -0.25) is 0 Å². The Morgan fingerprint density at radius 3 is 2.55 bits per heavy atom. The normalized spacial score (nSPS) is 10.7. The smallest absolute Gasteiger partial charge is 0.219 e. The number of nitrogens with two attached hydrogens (primary N) is 1. The SMILES string of the molecule is NCc1cccc(Oc2ccc(Cl)c3ccccc23)n1. The van der Waals surface area contributed by atoms with E-state index in [-0.39, 0.29) is 0 Å². The van der Waals surface area contributed by atoms with E-state index in [0.717, 1.165) is 22.2 Å². The highest BCUT2D eigenvalue weighted by Gasteiger charge is 2.07. The molecule has 0 aliphatic heterocycles. The van der Waals surface area contributed by atoms with E-state index in [2.05, 4.69) is 4.98 Å². The lowest BCUT2D eigenvalue weighted by molar-refractivity contribution is 0.466. The van der Waals surface area contributed by atoms with Crippen molar-refractivity contribution in [1.29, 1.82) is 0 Å². The quantitative estimate of drug-likeness (QED) is 0.786. The molecule has 0 atom stereocenters. The van der Waals surface area contributed by atoms with Gasteiger partial charge in [0, 0.05) is 28.4 Å². The van der Waals surface area contributed by atoms with Crippen LogP contribution in [0.2, 0.25) is 5.02 Å². The van der Waals surface area contributed by atoms with Gasteiger partial charge in [-0.15, -0.1) is 0 Å². The first-order valence-corrected chi connectivity index (χ1v) is 6.67. The van der Waals surface area contributed by atoms with Crippen molar-refractivity contribution >= 4 is 22.4 Å². The molecule has 0 fully saturated rings. The summed E-state index contributed by atoms with van der Waals surface area (Å²) in [6.07, 6.45) is 0.